The van der Waals surface area contributed by atoms with E-state index in [1.807, 2.05) is 13.8 Å². The number of benzene rings is 2. The zero-order valence-electron chi connectivity index (χ0n) is 26.8. The van der Waals surface area contributed by atoms with Crippen LogP contribution < -0.4 is 0 Å². The third kappa shape index (κ3) is 7.14. The average Bonchev–Trinajstić information content (AvgIpc) is 2.93. The first-order valence-electron chi connectivity index (χ1n) is 15.0. The lowest BCUT2D eigenvalue weighted by molar-refractivity contribution is -0.312. The molecule has 14 heteroatoms. The van der Waals surface area contributed by atoms with E-state index in [1.165, 1.54) is 33.8 Å². The van der Waals surface area contributed by atoms with Gasteiger partial charge in [0.15, 0.2) is 0 Å². The van der Waals surface area contributed by atoms with Crippen molar-refractivity contribution in [1.29, 1.82) is 0 Å². The Bertz CT molecular complexity index is 1360. The van der Waals surface area contributed by atoms with Gasteiger partial charge in [0.1, 0.15) is 17.5 Å². The molecule has 7 nitrogen and oxygen atoms in total. The van der Waals surface area contributed by atoms with Gasteiger partial charge in [0.2, 0.25) is 5.79 Å². The van der Waals surface area contributed by atoms with Gasteiger partial charge < -0.3 is 25.1 Å². The monoisotopic (exact) mass is 665 g/mol. The molecule has 1 heterocycles. The molecule has 0 spiro atoms. The first-order valence-corrected chi connectivity index (χ1v) is 15.0. The van der Waals surface area contributed by atoms with Crippen molar-refractivity contribution >= 4 is 6.03 Å². The lowest BCUT2D eigenvalue weighted by atomic mass is 9.71. The van der Waals surface area contributed by atoms with Crippen LogP contribution in [0.2, 0.25) is 0 Å². The van der Waals surface area contributed by atoms with Crippen LogP contribution in [0.25, 0.3) is 0 Å². The molecule has 3 rings (SSSR count). The largest absolute Gasteiger partial charge is 0.416 e. The van der Waals surface area contributed by atoms with Crippen LogP contribution in [0.4, 0.5) is 35.5 Å². The summed E-state index contributed by atoms with van der Waals surface area (Å²) >= 11 is 0. The van der Waals surface area contributed by atoms with Crippen molar-refractivity contribution in [3.8, 4) is 0 Å². The number of piperidine rings is 1. The molecule has 258 valence electrons. The molecule has 5 atom stereocenters. The van der Waals surface area contributed by atoms with Crippen molar-refractivity contribution in [3.05, 3.63) is 70.0 Å². The van der Waals surface area contributed by atoms with Crippen molar-refractivity contribution in [3.63, 3.8) is 0 Å². The number of halogens is 7. The highest BCUT2D eigenvalue weighted by molar-refractivity contribution is 5.76. The van der Waals surface area contributed by atoms with Gasteiger partial charge in [0.25, 0.3) is 0 Å². The summed E-state index contributed by atoms with van der Waals surface area (Å²) in [4.78, 5) is 17.9. The molecule has 2 aromatic carbocycles. The van der Waals surface area contributed by atoms with Gasteiger partial charge in [-0.3, -0.25) is 4.90 Å². The molecule has 0 saturated carbocycles. The fourth-order valence-electron chi connectivity index (χ4n) is 6.49. The maximum atomic E-state index is 14.3. The Morgan fingerprint density at radius 1 is 0.957 bits per heavy atom. The first kappa shape index (κ1) is 37.5. The Balaban J connectivity index is 2.23. The lowest BCUT2D eigenvalue weighted by Crippen LogP contribution is -2.78. The van der Waals surface area contributed by atoms with E-state index in [4.69, 9.17) is 0 Å². The molecule has 0 aliphatic carbocycles. The van der Waals surface area contributed by atoms with E-state index < -0.39 is 76.4 Å². The Kier molecular flexibility index (Phi) is 10.8. The number of amides is 2. The number of likely N-dealkylation sites (tertiary alicyclic amines) is 1. The molecule has 1 aliphatic rings. The van der Waals surface area contributed by atoms with Crippen molar-refractivity contribution in [2.45, 2.75) is 102 Å². The molecular weight excluding hydrogens is 623 g/mol. The maximum Gasteiger partial charge on any atom is 0.416 e. The number of carbonyl (C=O) groups is 1. The fraction of sp³-hybridized carbons (Fsp3) is 0.594. The van der Waals surface area contributed by atoms with Crippen LogP contribution in [-0.2, 0) is 12.4 Å². The van der Waals surface area contributed by atoms with Crippen LogP contribution in [0.5, 0.6) is 0 Å². The smallest absolute Gasteiger partial charge is 0.386 e. The number of aryl methyl sites for hydroxylation is 1. The van der Waals surface area contributed by atoms with E-state index in [-0.39, 0.29) is 17.2 Å². The molecule has 1 saturated heterocycles. The SMILES string of the molecule is CCCN(CCC)C1C(C)(O)C(C)N(C(=O)N(C)C(C)c2cc(C(F)(F)F)cc(C(F)(F)F)c2)C(c2ccc(F)cc2C)C1(O)O. The standard InChI is InChI=1S/C32H42F7N3O4/c1-8-12-41(13-9-2)27-29(6,44)20(5)42(26(30(27,45)46)25-11-10-24(33)14-18(25)3)28(43)40(7)19(4)21-15-22(31(34,35)36)17-23(16-21)32(37,38)39/h10-11,14-17,19-20,26-27,44-46H,8-9,12-13H2,1-7H3. The number of rotatable bonds is 8. The van der Waals surface area contributed by atoms with Gasteiger partial charge in [0, 0.05) is 7.05 Å². The Labute approximate surface area is 264 Å². The number of hydrogen-bond donors (Lipinski definition) is 3. The van der Waals surface area contributed by atoms with E-state index in [1.54, 1.807) is 4.90 Å². The molecule has 3 N–H and O–H groups in total. The van der Waals surface area contributed by atoms with E-state index in [9.17, 15) is 50.8 Å². The number of alkyl halides is 6. The third-order valence-corrected chi connectivity index (χ3v) is 9.01. The summed E-state index contributed by atoms with van der Waals surface area (Å²) < 4.78 is 95.9. The number of nitrogens with zero attached hydrogens (tertiary/aromatic N) is 3. The third-order valence-electron chi connectivity index (χ3n) is 9.01. The average molecular weight is 666 g/mol. The second-order valence-electron chi connectivity index (χ2n) is 12.3. The van der Waals surface area contributed by atoms with Gasteiger partial charge in [-0.1, -0.05) is 19.9 Å². The number of aliphatic hydroxyl groups is 3. The molecule has 1 fully saturated rings. The molecule has 0 radical (unpaired) electrons. The number of urea groups is 1. The van der Waals surface area contributed by atoms with Crippen LogP contribution in [0.3, 0.4) is 0 Å². The minimum Gasteiger partial charge on any atom is -0.386 e. The van der Waals surface area contributed by atoms with Crippen LogP contribution in [0.1, 0.15) is 87.4 Å². The zero-order chi connectivity index (χ0) is 35.2. The normalized spacial score (nSPS) is 24.3. The molecule has 46 heavy (non-hydrogen) atoms. The minimum absolute atomic E-state index is 0.0142. The number of hydrogen-bond acceptors (Lipinski definition) is 5. The van der Waals surface area contributed by atoms with Gasteiger partial charge in [-0.2, -0.15) is 26.3 Å². The summed E-state index contributed by atoms with van der Waals surface area (Å²) in [5, 5.41) is 36.0. The minimum atomic E-state index is -5.12. The van der Waals surface area contributed by atoms with Crippen LogP contribution in [-0.4, -0.2) is 79.7 Å². The molecule has 0 aromatic heterocycles. The molecule has 2 aromatic rings. The molecular formula is C32H42F7N3O4. The Morgan fingerprint density at radius 3 is 1.89 bits per heavy atom. The summed E-state index contributed by atoms with van der Waals surface area (Å²) in [6.45, 7) is 9.96. The Morgan fingerprint density at radius 2 is 1.46 bits per heavy atom. The van der Waals surface area contributed by atoms with Crippen LogP contribution in [0.15, 0.2) is 36.4 Å². The highest BCUT2D eigenvalue weighted by Gasteiger charge is 2.65. The highest BCUT2D eigenvalue weighted by atomic mass is 19.4. The zero-order valence-corrected chi connectivity index (χ0v) is 26.8. The fourth-order valence-corrected chi connectivity index (χ4v) is 6.49. The second-order valence-corrected chi connectivity index (χ2v) is 12.3. The molecule has 0 bridgehead atoms. The van der Waals surface area contributed by atoms with Gasteiger partial charge >= 0.3 is 18.4 Å². The van der Waals surface area contributed by atoms with Crippen LogP contribution in [0, 0.1) is 12.7 Å². The van der Waals surface area contributed by atoms with E-state index in [0.717, 1.165) is 29.0 Å². The second kappa shape index (κ2) is 13.3. The number of carbonyl (C=O) groups excluding carboxylic acids is 1. The summed E-state index contributed by atoms with van der Waals surface area (Å²) in [7, 11) is 1.15. The summed E-state index contributed by atoms with van der Waals surface area (Å²) in [6, 6.07) is -2.11. The quantitative estimate of drug-likeness (QED) is 0.217. The predicted octanol–water partition coefficient (Wildman–Crippen LogP) is 6.65. The lowest BCUT2D eigenvalue weighted by Gasteiger charge is -2.61. The molecule has 5 unspecified atom stereocenters. The van der Waals surface area contributed by atoms with E-state index >= 15 is 0 Å². The summed E-state index contributed by atoms with van der Waals surface area (Å²) in [5.41, 5.74) is -5.23. The topological polar surface area (TPSA) is 87.5 Å². The van der Waals surface area contributed by atoms with E-state index in [2.05, 4.69) is 0 Å². The van der Waals surface area contributed by atoms with Gasteiger partial charge in [0.05, 0.1) is 29.3 Å². The maximum absolute atomic E-state index is 14.3. The Hall–Kier alpha value is -2.94. The van der Waals surface area contributed by atoms with Gasteiger partial charge in [-0.15, -0.1) is 0 Å². The van der Waals surface area contributed by atoms with Gasteiger partial charge in [-0.25, -0.2) is 9.18 Å². The van der Waals surface area contributed by atoms with E-state index in [0.29, 0.717) is 38.1 Å². The van der Waals surface area contributed by atoms with Crippen molar-refractivity contribution in [2.75, 3.05) is 20.1 Å². The van der Waals surface area contributed by atoms with Gasteiger partial charge in [-0.05, 0) is 101 Å². The van der Waals surface area contributed by atoms with Crippen molar-refractivity contribution < 1.29 is 50.8 Å². The van der Waals surface area contributed by atoms with Crippen molar-refractivity contribution in [1.82, 2.24) is 14.7 Å². The summed E-state index contributed by atoms with van der Waals surface area (Å²) in [5.74, 6) is -3.51. The van der Waals surface area contributed by atoms with Crippen LogP contribution >= 0.6 is 0 Å². The highest BCUT2D eigenvalue weighted by Crippen LogP contribution is 2.49. The van der Waals surface area contributed by atoms with Crippen molar-refractivity contribution in [2.24, 2.45) is 0 Å². The summed E-state index contributed by atoms with van der Waals surface area (Å²) in [6.07, 6.45) is -9.07. The molecule has 1 aliphatic heterocycles. The molecule has 2 amide bonds. The first-order chi connectivity index (χ1) is 21.0. The predicted molar refractivity (Wildman–Crippen MR) is 157 cm³/mol.